The Morgan fingerprint density at radius 2 is 0.721 bits per heavy atom. The SMILES string of the molecule is c1ccc2c(c1)-c1ccccc1C21c2ccccc2-c2c(N(c3cccc4c3C3(c5ccccc5-c5ccccc53)c3ccccc3-4)c3cccc4c3sc3ccc5ccccc5c34)cccc21. The molecule has 0 unspecified atom stereocenters. The molecule has 1 aromatic heterocycles. The zero-order valence-electron chi connectivity index (χ0n) is 36.9. The van der Waals surface area contributed by atoms with Gasteiger partial charge in [-0.2, -0.15) is 0 Å². The van der Waals surface area contributed by atoms with Crippen LogP contribution in [0, 0.1) is 0 Å². The summed E-state index contributed by atoms with van der Waals surface area (Å²) < 4.78 is 2.58. The first kappa shape index (κ1) is 36.9. The van der Waals surface area contributed by atoms with Crippen molar-refractivity contribution in [2.45, 2.75) is 10.8 Å². The van der Waals surface area contributed by atoms with E-state index in [0.717, 1.165) is 0 Å². The van der Waals surface area contributed by atoms with E-state index in [4.69, 9.17) is 0 Å². The molecule has 11 aromatic carbocycles. The lowest BCUT2D eigenvalue weighted by molar-refractivity contribution is 0.791. The normalized spacial score (nSPS) is 14.4. The summed E-state index contributed by atoms with van der Waals surface area (Å²) in [4.78, 5) is 2.69. The highest BCUT2D eigenvalue weighted by atomic mass is 32.1. The zero-order valence-corrected chi connectivity index (χ0v) is 37.7. The van der Waals surface area contributed by atoms with Gasteiger partial charge in [-0.25, -0.2) is 0 Å². The minimum atomic E-state index is -0.557. The van der Waals surface area contributed by atoms with E-state index in [0.29, 0.717) is 0 Å². The van der Waals surface area contributed by atoms with E-state index in [1.54, 1.807) is 0 Å². The van der Waals surface area contributed by atoms with Gasteiger partial charge in [-0.15, -0.1) is 11.3 Å². The predicted molar refractivity (Wildman–Crippen MR) is 284 cm³/mol. The Hall–Kier alpha value is -8.30. The Labute approximate surface area is 398 Å². The summed E-state index contributed by atoms with van der Waals surface area (Å²) in [6, 6.07) is 90.0. The quantitative estimate of drug-likeness (QED) is 0.171. The van der Waals surface area contributed by atoms with E-state index in [9.17, 15) is 0 Å². The van der Waals surface area contributed by atoms with Gasteiger partial charge in [0.25, 0.3) is 0 Å². The van der Waals surface area contributed by atoms with Crippen LogP contribution in [-0.2, 0) is 10.8 Å². The molecule has 12 aromatic rings. The van der Waals surface area contributed by atoms with E-state index in [1.807, 2.05) is 11.3 Å². The average molecular weight is 878 g/mol. The minimum Gasteiger partial charge on any atom is -0.308 e. The van der Waals surface area contributed by atoms with Crippen LogP contribution in [0.25, 0.3) is 75.5 Å². The predicted octanol–water partition coefficient (Wildman–Crippen LogP) is 17.4. The summed E-state index contributed by atoms with van der Waals surface area (Å²) in [7, 11) is 0. The molecule has 0 saturated heterocycles. The lowest BCUT2D eigenvalue weighted by atomic mass is 9.70. The number of nitrogens with zero attached hydrogens (tertiary/aromatic N) is 1. The highest BCUT2D eigenvalue weighted by Crippen LogP contribution is 2.68. The third-order valence-electron chi connectivity index (χ3n) is 16.1. The molecular weight excluding hydrogens is 839 g/mol. The number of hydrogen-bond donors (Lipinski definition) is 0. The van der Waals surface area contributed by atoms with Gasteiger partial charge in [0.15, 0.2) is 0 Å². The largest absolute Gasteiger partial charge is 0.308 e. The van der Waals surface area contributed by atoms with Gasteiger partial charge in [-0.3, -0.25) is 0 Å². The molecule has 0 N–H and O–H groups in total. The Morgan fingerprint density at radius 3 is 1.35 bits per heavy atom. The van der Waals surface area contributed by atoms with E-state index >= 15 is 0 Å². The second-order valence-corrected chi connectivity index (χ2v) is 20.0. The van der Waals surface area contributed by atoms with E-state index in [-0.39, 0.29) is 0 Å². The zero-order chi connectivity index (χ0) is 44.3. The Bertz CT molecular complexity index is 4080. The fraction of sp³-hybridized carbons (Fsp3) is 0.0303. The van der Waals surface area contributed by atoms with Gasteiger partial charge in [0.05, 0.1) is 32.6 Å². The van der Waals surface area contributed by atoms with Crippen LogP contribution in [0.5, 0.6) is 0 Å². The molecule has 4 aliphatic carbocycles. The number of hydrogen-bond acceptors (Lipinski definition) is 2. The Balaban J connectivity index is 1.08. The maximum atomic E-state index is 2.69. The maximum absolute atomic E-state index is 2.69. The Kier molecular flexibility index (Phi) is 7.15. The van der Waals surface area contributed by atoms with Crippen LogP contribution >= 0.6 is 11.3 Å². The lowest BCUT2D eigenvalue weighted by Crippen LogP contribution is -2.28. The number of benzene rings is 11. The topological polar surface area (TPSA) is 3.24 Å². The van der Waals surface area contributed by atoms with Crippen LogP contribution < -0.4 is 4.90 Å². The van der Waals surface area contributed by atoms with Crippen LogP contribution in [0.2, 0.25) is 0 Å². The number of rotatable bonds is 3. The van der Waals surface area contributed by atoms with Crippen molar-refractivity contribution >= 4 is 59.3 Å². The van der Waals surface area contributed by atoms with Crippen molar-refractivity contribution in [3.05, 3.63) is 281 Å². The molecule has 16 rings (SSSR count). The summed E-state index contributed by atoms with van der Waals surface area (Å²) in [5.74, 6) is 0. The van der Waals surface area contributed by atoms with Crippen molar-refractivity contribution in [2.24, 2.45) is 0 Å². The fourth-order valence-electron chi connectivity index (χ4n) is 13.7. The van der Waals surface area contributed by atoms with Crippen molar-refractivity contribution in [2.75, 3.05) is 4.90 Å². The average Bonchev–Trinajstić information content (AvgIpc) is 4.18. The van der Waals surface area contributed by atoms with Gasteiger partial charge in [0.1, 0.15) is 0 Å². The summed E-state index contributed by atoms with van der Waals surface area (Å²) >= 11 is 1.92. The molecule has 68 heavy (non-hydrogen) atoms. The molecule has 2 spiro atoms. The Morgan fingerprint density at radius 1 is 0.294 bits per heavy atom. The summed E-state index contributed by atoms with van der Waals surface area (Å²) in [6.45, 7) is 0. The molecule has 0 aliphatic heterocycles. The van der Waals surface area contributed by atoms with Crippen molar-refractivity contribution < 1.29 is 0 Å². The molecule has 0 atom stereocenters. The van der Waals surface area contributed by atoms with Crippen molar-refractivity contribution in [1.29, 1.82) is 0 Å². The van der Waals surface area contributed by atoms with Gasteiger partial charge in [-0.05, 0) is 113 Å². The van der Waals surface area contributed by atoms with Crippen molar-refractivity contribution in [3.63, 3.8) is 0 Å². The molecule has 1 heterocycles. The standard InChI is InChI=1S/C66H39NS/c1-2-19-41-40(18-1)38-39-60-61(41)49-27-16-37-59(64(49)68-60)67(57-35-17-34-56-62(57)48-25-8-14-33-55(48)65(56)50-28-9-3-20-42(50)43-21-4-10-29-51(43)65)58-36-15-26-47-46-24-7-13-32-54(46)66(63(47)58)52-30-11-5-22-44(52)45-23-6-12-31-53(45)66/h1-39H. The number of anilines is 3. The summed E-state index contributed by atoms with van der Waals surface area (Å²) in [5, 5.41) is 5.17. The lowest BCUT2D eigenvalue weighted by Gasteiger charge is -2.37. The molecule has 0 amide bonds. The minimum absolute atomic E-state index is 0.483. The second kappa shape index (κ2) is 13.2. The van der Waals surface area contributed by atoms with Gasteiger partial charge in [0.2, 0.25) is 0 Å². The molecule has 4 aliphatic rings. The fourth-order valence-corrected chi connectivity index (χ4v) is 15.0. The van der Waals surface area contributed by atoms with Gasteiger partial charge in [0, 0.05) is 26.6 Å². The van der Waals surface area contributed by atoms with Crippen LogP contribution in [0.3, 0.4) is 0 Å². The van der Waals surface area contributed by atoms with Crippen molar-refractivity contribution in [3.8, 4) is 44.5 Å². The van der Waals surface area contributed by atoms with E-state index in [1.165, 1.54) is 137 Å². The number of thiophene rings is 1. The molecule has 0 fully saturated rings. The van der Waals surface area contributed by atoms with Crippen LogP contribution in [0.15, 0.2) is 237 Å². The van der Waals surface area contributed by atoms with Crippen LogP contribution in [0.4, 0.5) is 17.1 Å². The number of fused-ring (bicyclic) bond motifs is 25. The molecule has 0 saturated carbocycles. The first-order valence-electron chi connectivity index (χ1n) is 23.8. The first-order valence-corrected chi connectivity index (χ1v) is 24.6. The smallest absolute Gasteiger partial charge is 0.0746 e. The molecule has 0 bridgehead atoms. The third-order valence-corrected chi connectivity index (χ3v) is 17.3. The van der Waals surface area contributed by atoms with Gasteiger partial charge in [-0.1, -0.05) is 212 Å². The molecule has 314 valence electrons. The summed E-state index contributed by atoms with van der Waals surface area (Å²) in [5.41, 5.74) is 23.6. The van der Waals surface area contributed by atoms with Crippen molar-refractivity contribution in [1.82, 2.24) is 0 Å². The highest BCUT2D eigenvalue weighted by Gasteiger charge is 2.55. The van der Waals surface area contributed by atoms with Gasteiger partial charge < -0.3 is 4.90 Å². The summed E-state index contributed by atoms with van der Waals surface area (Å²) in [6.07, 6.45) is 0. The van der Waals surface area contributed by atoms with Crippen LogP contribution in [-0.4, -0.2) is 0 Å². The third kappa shape index (κ3) is 4.30. The molecule has 1 nitrogen and oxygen atoms in total. The monoisotopic (exact) mass is 877 g/mol. The second-order valence-electron chi connectivity index (χ2n) is 18.9. The molecule has 0 radical (unpaired) electrons. The first-order chi connectivity index (χ1) is 33.8. The maximum Gasteiger partial charge on any atom is 0.0746 e. The molecule has 2 heteroatoms. The van der Waals surface area contributed by atoms with E-state index in [2.05, 4.69) is 241 Å². The van der Waals surface area contributed by atoms with Gasteiger partial charge >= 0.3 is 0 Å². The van der Waals surface area contributed by atoms with Crippen LogP contribution in [0.1, 0.15) is 44.5 Å². The molecular formula is C66H39NS. The van der Waals surface area contributed by atoms with E-state index < -0.39 is 10.8 Å². The highest BCUT2D eigenvalue weighted by molar-refractivity contribution is 7.26.